The maximum absolute atomic E-state index is 12.9. The molecule has 45 heavy (non-hydrogen) atoms. The summed E-state index contributed by atoms with van der Waals surface area (Å²) < 4.78 is 16.0. The van der Waals surface area contributed by atoms with Crippen LogP contribution in [0, 0.1) is 0 Å². The van der Waals surface area contributed by atoms with Gasteiger partial charge in [-0.25, -0.2) is 9.59 Å². The quantitative estimate of drug-likeness (QED) is 0.153. The highest BCUT2D eigenvalue weighted by molar-refractivity contribution is 6.06. The van der Waals surface area contributed by atoms with E-state index in [-0.39, 0.29) is 22.8 Å². The fourth-order valence-electron chi connectivity index (χ4n) is 4.32. The van der Waals surface area contributed by atoms with E-state index >= 15 is 0 Å². The lowest BCUT2D eigenvalue weighted by atomic mass is 10.1. The zero-order valence-corrected chi connectivity index (χ0v) is 24.2. The van der Waals surface area contributed by atoms with Gasteiger partial charge in [0.2, 0.25) is 5.91 Å². The number of carbonyl (C=O) groups is 5. The largest absolute Gasteiger partial charge is 0.427 e. The predicted octanol–water partition coefficient (Wildman–Crippen LogP) is 6.41. The third kappa shape index (κ3) is 7.96. The molecule has 0 unspecified atom stereocenters. The number of nitrogens with one attached hydrogen (secondary N) is 2. The molecule has 10 nitrogen and oxygen atoms in total. The molecule has 0 radical (unpaired) electrons. The summed E-state index contributed by atoms with van der Waals surface area (Å²) in [5.74, 6) is -1.33. The van der Waals surface area contributed by atoms with Gasteiger partial charge < -0.3 is 24.8 Å². The van der Waals surface area contributed by atoms with Crippen LogP contribution in [0.3, 0.4) is 0 Å². The first-order valence-electron chi connectivity index (χ1n) is 13.7. The second-order valence-electron chi connectivity index (χ2n) is 9.86. The summed E-state index contributed by atoms with van der Waals surface area (Å²) in [7, 11) is 0. The Kier molecular flexibility index (Phi) is 8.95. The van der Waals surface area contributed by atoms with Crippen molar-refractivity contribution in [3.8, 4) is 17.2 Å². The molecule has 0 aliphatic heterocycles. The molecule has 5 aromatic rings. The first kappa shape index (κ1) is 30.2. The second-order valence-corrected chi connectivity index (χ2v) is 9.86. The number of ether oxygens (including phenoxy) is 3. The van der Waals surface area contributed by atoms with Gasteiger partial charge in [0, 0.05) is 30.8 Å². The molecule has 2 amide bonds. The predicted molar refractivity (Wildman–Crippen MR) is 167 cm³/mol. The summed E-state index contributed by atoms with van der Waals surface area (Å²) in [6.45, 7) is 2.70. The highest BCUT2D eigenvalue weighted by Crippen LogP contribution is 2.25. The van der Waals surface area contributed by atoms with Crippen molar-refractivity contribution in [3.05, 3.63) is 126 Å². The van der Waals surface area contributed by atoms with Crippen LogP contribution in [0.1, 0.15) is 44.9 Å². The molecule has 0 aromatic heterocycles. The fourth-order valence-corrected chi connectivity index (χ4v) is 4.32. The molecule has 0 spiro atoms. The summed E-state index contributed by atoms with van der Waals surface area (Å²) in [5.41, 5.74) is 1.82. The van der Waals surface area contributed by atoms with Gasteiger partial charge in [0.15, 0.2) is 0 Å². The zero-order valence-electron chi connectivity index (χ0n) is 24.2. The Morgan fingerprint density at radius 3 is 1.64 bits per heavy atom. The lowest BCUT2D eigenvalue weighted by Crippen LogP contribution is -2.14. The molecule has 0 heterocycles. The Bertz CT molecular complexity index is 1930. The molecule has 0 aliphatic rings. The number of anilines is 2. The van der Waals surface area contributed by atoms with Gasteiger partial charge in [-0.05, 0) is 102 Å². The van der Waals surface area contributed by atoms with Gasteiger partial charge in [-0.15, -0.1) is 0 Å². The van der Waals surface area contributed by atoms with Crippen LogP contribution in [0.15, 0.2) is 109 Å². The van der Waals surface area contributed by atoms with Gasteiger partial charge in [0.25, 0.3) is 5.91 Å². The third-order valence-electron chi connectivity index (χ3n) is 6.38. The topological polar surface area (TPSA) is 137 Å². The van der Waals surface area contributed by atoms with Crippen LogP contribution in [0.25, 0.3) is 10.8 Å². The van der Waals surface area contributed by atoms with Crippen LogP contribution >= 0.6 is 0 Å². The fraction of sp³-hybridized carbons (Fsp3) is 0.0571. The molecule has 5 aromatic carbocycles. The Balaban J connectivity index is 1.22. The molecule has 5 rings (SSSR count). The molecule has 224 valence electrons. The first-order chi connectivity index (χ1) is 21.6. The van der Waals surface area contributed by atoms with Crippen LogP contribution in [0.5, 0.6) is 17.2 Å². The van der Waals surface area contributed by atoms with Crippen molar-refractivity contribution in [2.75, 3.05) is 10.6 Å². The van der Waals surface area contributed by atoms with Gasteiger partial charge in [-0.3, -0.25) is 14.4 Å². The summed E-state index contributed by atoms with van der Waals surface area (Å²) in [6, 6.07) is 28.8. The molecule has 0 saturated carbocycles. The standard InChI is InChI=1S/C35H26N2O8/c1-21(38)36-28-9-16-31(17-10-28)44-35(42)27-7-6-24-20-32(13-8-23(24)18-27)45-34(41)26-5-3-4-25(19-26)33(40)37-29-11-14-30(15-12-29)43-22(2)39/h3-20H,1-2H3,(H,36,38)(H,37,40). The van der Waals surface area contributed by atoms with Gasteiger partial charge in [-0.2, -0.15) is 0 Å². The first-order valence-corrected chi connectivity index (χ1v) is 13.7. The Morgan fingerprint density at radius 1 is 0.489 bits per heavy atom. The van der Waals surface area contributed by atoms with E-state index < -0.39 is 23.8 Å². The van der Waals surface area contributed by atoms with Crippen molar-refractivity contribution in [3.63, 3.8) is 0 Å². The van der Waals surface area contributed by atoms with Gasteiger partial charge in [0.1, 0.15) is 17.2 Å². The third-order valence-corrected chi connectivity index (χ3v) is 6.38. The maximum atomic E-state index is 12.9. The number of fused-ring (bicyclic) bond motifs is 1. The van der Waals surface area contributed by atoms with E-state index in [0.717, 1.165) is 10.8 Å². The van der Waals surface area contributed by atoms with E-state index in [0.29, 0.717) is 28.4 Å². The van der Waals surface area contributed by atoms with Crippen molar-refractivity contribution < 1.29 is 38.2 Å². The minimum Gasteiger partial charge on any atom is -0.427 e. The van der Waals surface area contributed by atoms with E-state index in [1.54, 1.807) is 103 Å². The molecule has 0 atom stereocenters. The maximum Gasteiger partial charge on any atom is 0.343 e. The summed E-state index contributed by atoms with van der Waals surface area (Å²) >= 11 is 0. The molecule has 0 aliphatic carbocycles. The summed E-state index contributed by atoms with van der Waals surface area (Å²) in [6.07, 6.45) is 0. The molecular formula is C35H26N2O8. The Labute approximate surface area is 257 Å². The molecule has 10 heteroatoms. The molecule has 0 saturated heterocycles. The van der Waals surface area contributed by atoms with E-state index in [1.807, 2.05) is 0 Å². The van der Waals surface area contributed by atoms with Gasteiger partial charge >= 0.3 is 17.9 Å². The zero-order chi connectivity index (χ0) is 31.9. The lowest BCUT2D eigenvalue weighted by Gasteiger charge is -2.09. The smallest absolute Gasteiger partial charge is 0.343 e. The minimum atomic E-state index is -0.653. The second kappa shape index (κ2) is 13.3. The highest BCUT2D eigenvalue weighted by Gasteiger charge is 2.15. The monoisotopic (exact) mass is 602 g/mol. The van der Waals surface area contributed by atoms with Crippen LogP contribution in [-0.4, -0.2) is 29.7 Å². The number of carbonyl (C=O) groups excluding carboxylic acids is 5. The number of esters is 3. The van der Waals surface area contributed by atoms with Crippen molar-refractivity contribution >= 4 is 51.9 Å². The van der Waals surface area contributed by atoms with Crippen molar-refractivity contribution in [1.82, 2.24) is 0 Å². The van der Waals surface area contributed by atoms with Crippen LogP contribution in [0.2, 0.25) is 0 Å². The highest BCUT2D eigenvalue weighted by atomic mass is 16.5. The van der Waals surface area contributed by atoms with Crippen LogP contribution < -0.4 is 24.8 Å². The molecule has 0 fully saturated rings. The van der Waals surface area contributed by atoms with Gasteiger partial charge in [0.05, 0.1) is 11.1 Å². The minimum absolute atomic E-state index is 0.177. The average molecular weight is 603 g/mol. The average Bonchev–Trinajstić information content (AvgIpc) is 3.02. The number of hydrogen-bond acceptors (Lipinski definition) is 8. The van der Waals surface area contributed by atoms with E-state index in [2.05, 4.69) is 10.6 Å². The molecular weight excluding hydrogens is 576 g/mol. The van der Waals surface area contributed by atoms with Crippen molar-refractivity contribution in [2.24, 2.45) is 0 Å². The van der Waals surface area contributed by atoms with Crippen molar-refractivity contribution in [1.29, 1.82) is 0 Å². The molecule has 2 N–H and O–H groups in total. The number of benzene rings is 5. The van der Waals surface area contributed by atoms with Crippen LogP contribution in [0.4, 0.5) is 11.4 Å². The normalized spacial score (nSPS) is 10.4. The number of hydrogen-bond donors (Lipinski definition) is 2. The Morgan fingerprint density at radius 2 is 1.00 bits per heavy atom. The van der Waals surface area contributed by atoms with Crippen LogP contribution in [-0.2, 0) is 9.59 Å². The summed E-state index contributed by atoms with van der Waals surface area (Å²) in [4.78, 5) is 60.7. The van der Waals surface area contributed by atoms with E-state index in [9.17, 15) is 24.0 Å². The summed E-state index contributed by atoms with van der Waals surface area (Å²) in [5, 5.41) is 6.83. The number of amides is 2. The SMILES string of the molecule is CC(=O)Nc1ccc(OC(=O)c2ccc3cc(OC(=O)c4cccc(C(=O)Nc5ccc(OC(C)=O)cc5)c4)ccc3c2)cc1. The Hall–Kier alpha value is -6.29. The number of rotatable bonds is 8. The lowest BCUT2D eigenvalue weighted by molar-refractivity contribution is -0.131. The van der Waals surface area contributed by atoms with E-state index in [4.69, 9.17) is 14.2 Å². The van der Waals surface area contributed by atoms with Gasteiger partial charge in [-0.1, -0.05) is 18.2 Å². The molecule has 0 bridgehead atoms. The van der Waals surface area contributed by atoms with E-state index in [1.165, 1.54) is 19.9 Å². The van der Waals surface area contributed by atoms with Crippen molar-refractivity contribution in [2.45, 2.75) is 13.8 Å².